The van der Waals surface area contributed by atoms with Gasteiger partial charge in [0.25, 0.3) is 5.56 Å². The molecule has 0 bridgehead atoms. The molecule has 8 nitrogen and oxygen atoms in total. The Hall–Kier alpha value is -2.59. The third-order valence-electron chi connectivity index (χ3n) is 4.50. The summed E-state index contributed by atoms with van der Waals surface area (Å²) in [7, 11) is -3.89. The zero-order valence-corrected chi connectivity index (χ0v) is 18.6. The maximum absolute atomic E-state index is 13.0. The van der Waals surface area contributed by atoms with Gasteiger partial charge in [0.15, 0.2) is 15.1 Å². The van der Waals surface area contributed by atoms with E-state index in [1.807, 2.05) is 0 Å². The fraction of sp³-hybridized carbons (Fsp3) is 0.300. The summed E-state index contributed by atoms with van der Waals surface area (Å²) in [6.07, 6.45) is -0.148. The van der Waals surface area contributed by atoms with Gasteiger partial charge in [-0.1, -0.05) is 45.4 Å². The Morgan fingerprint density at radius 2 is 1.87 bits per heavy atom. The molecule has 0 saturated carbocycles. The number of esters is 1. The summed E-state index contributed by atoms with van der Waals surface area (Å²) in [5, 5.41) is 6.80. The second-order valence-electron chi connectivity index (χ2n) is 6.60. The summed E-state index contributed by atoms with van der Waals surface area (Å²) in [6.45, 7) is 1.58. The summed E-state index contributed by atoms with van der Waals surface area (Å²) < 4.78 is 32.8. The van der Waals surface area contributed by atoms with E-state index in [1.165, 1.54) is 0 Å². The van der Waals surface area contributed by atoms with Crippen LogP contribution < -0.4 is 5.56 Å². The fourth-order valence-electron chi connectivity index (χ4n) is 3.00. The van der Waals surface area contributed by atoms with E-state index in [9.17, 15) is 18.0 Å². The average Bonchev–Trinajstić information content (AvgIpc) is 2.71. The van der Waals surface area contributed by atoms with Crippen LogP contribution in [0.15, 0.2) is 57.8 Å². The Morgan fingerprint density at radius 3 is 2.57 bits per heavy atom. The minimum Gasteiger partial charge on any atom is -0.465 e. The van der Waals surface area contributed by atoms with Gasteiger partial charge in [-0.05, 0) is 43.2 Å². The molecule has 2 aromatic carbocycles. The van der Waals surface area contributed by atoms with Crippen LogP contribution in [0.3, 0.4) is 0 Å². The number of hydrogen-bond acceptors (Lipinski definition) is 7. The highest BCUT2D eigenvalue weighted by Crippen LogP contribution is 2.18. The smallest absolute Gasteiger partial charge is 0.324 e. The monoisotopic (exact) mass is 493 g/mol. The first-order valence-electron chi connectivity index (χ1n) is 9.27. The first-order chi connectivity index (χ1) is 14.3. The Balaban J connectivity index is 1.85. The van der Waals surface area contributed by atoms with Gasteiger partial charge in [0.1, 0.15) is 5.52 Å². The number of nitrogens with zero attached hydrogens (tertiary/aromatic N) is 3. The van der Waals surface area contributed by atoms with Gasteiger partial charge in [0.05, 0.1) is 17.7 Å². The van der Waals surface area contributed by atoms with E-state index in [0.717, 1.165) is 9.15 Å². The van der Waals surface area contributed by atoms with E-state index < -0.39 is 26.6 Å². The second kappa shape index (κ2) is 9.48. The molecule has 1 unspecified atom stereocenters. The van der Waals surface area contributed by atoms with Crippen LogP contribution in [0.25, 0.3) is 10.9 Å². The number of carbonyl (C=O) groups is 1. The molecule has 158 valence electrons. The maximum atomic E-state index is 13.0. The van der Waals surface area contributed by atoms with Gasteiger partial charge in [-0.25, -0.2) is 13.1 Å². The molecule has 10 heteroatoms. The predicted octanol–water partition coefficient (Wildman–Crippen LogP) is 2.49. The molecular formula is C20H20BrN3O5S. The molecular weight excluding hydrogens is 474 g/mol. The Kier molecular flexibility index (Phi) is 6.99. The number of carbonyl (C=O) groups excluding carboxylic acids is 1. The molecule has 3 aromatic rings. The number of sulfone groups is 1. The zero-order valence-electron chi connectivity index (χ0n) is 16.2. The highest BCUT2D eigenvalue weighted by Gasteiger charge is 2.34. The van der Waals surface area contributed by atoms with E-state index >= 15 is 0 Å². The molecule has 0 aliphatic heterocycles. The van der Waals surface area contributed by atoms with E-state index in [2.05, 4.69) is 26.2 Å². The van der Waals surface area contributed by atoms with Crippen molar-refractivity contribution in [1.82, 2.24) is 15.0 Å². The Bertz CT molecular complexity index is 1210. The summed E-state index contributed by atoms with van der Waals surface area (Å²) in [6, 6.07) is 13.5. The van der Waals surface area contributed by atoms with E-state index in [-0.39, 0.29) is 25.3 Å². The molecule has 0 radical (unpaired) electrons. The number of aromatic nitrogens is 3. The minimum atomic E-state index is -3.89. The molecule has 1 heterocycles. The molecule has 0 fully saturated rings. The maximum Gasteiger partial charge on any atom is 0.324 e. The number of halogens is 1. The summed E-state index contributed by atoms with van der Waals surface area (Å²) in [5.74, 6) is -1.15. The number of aryl methyl sites for hydroxylation is 1. The topological polar surface area (TPSA) is 108 Å². The molecule has 0 aliphatic rings. The van der Waals surface area contributed by atoms with Gasteiger partial charge in [0.2, 0.25) is 0 Å². The van der Waals surface area contributed by atoms with Crippen molar-refractivity contribution in [3.63, 3.8) is 0 Å². The molecule has 1 aromatic heterocycles. The number of fused-ring (bicyclic) bond motifs is 1. The summed E-state index contributed by atoms with van der Waals surface area (Å²) in [5.41, 5.74) is 0.604. The standard InChI is InChI=1S/C20H20BrN3O5S/c1-2-29-20(26)18(30(27,28)13-14-7-9-15(21)10-8-14)11-12-24-19(25)16-5-3-4-6-17(16)22-23-24/h3-10,18H,2,11-13H2,1H3. The number of ether oxygens (including phenoxy) is 1. The second-order valence-corrected chi connectivity index (χ2v) is 9.70. The number of benzene rings is 2. The van der Waals surface area contributed by atoms with Gasteiger partial charge in [-0.15, -0.1) is 5.10 Å². The molecule has 1 atom stereocenters. The van der Waals surface area contributed by atoms with Crippen LogP contribution in [-0.2, 0) is 31.7 Å². The van der Waals surface area contributed by atoms with Crippen LogP contribution in [0.4, 0.5) is 0 Å². The van der Waals surface area contributed by atoms with Gasteiger partial charge >= 0.3 is 5.97 Å². The van der Waals surface area contributed by atoms with Gasteiger partial charge in [-0.3, -0.25) is 9.59 Å². The van der Waals surface area contributed by atoms with E-state index in [4.69, 9.17) is 4.74 Å². The van der Waals surface area contributed by atoms with Crippen molar-refractivity contribution in [2.75, 3.05) is 6.61 Å². The fourth-order valence-corrected chi connectivity index (χ4v) is 4.95. The largest absolute Gasteiger partial charge is 0.465 e. The van der Waals surface area contributed by atoms with Crippen molar-refractivity contribution >= 4 is 42.6 Å². The van der Waals surface area contributed by atoms with Crippen molar-refractivity contribution in [2.45, 2.75) is 30.9 Å². The lowest BCUT2D eigenvalue weighted by Crippen LogP contribution is -2.36. The molecule has 3 rings (SSSR count). The van der Waals surface area contributed by atoms with Crippen LogP contribution in [-0.4, -0.2) is 41.2 Å². The highest BCUT2D eigenvalue weighted by atomic mass is 79.9. The molecule has 0 spiro atoms. The minimum absolute atomic E-state index is 0.0544. The average molecular weight is 494 g/mol. The third-order valence-corrected chi connectivity index (χ3v) is 7.06. The van der Waals surface area contributed by atoms with Gasteiger partial charge in [-0.2, -0.15) is 0 Å². The van der Waals surface area contributed by atoms with Crippen molar-refractivity contribution in [2.24, 2.45) is 0 Å². The van der Waals surface area contributed by atoms with E-state index in [1.54, 1.807) is 55.5 Å². The summed E-state index contributed by atoms with van der Waals surface area (Å²) in [4.78, 5) is 25.0. The zero-order chi connectivity index (χ0) is 21.7. The van der Waals surface area contributed by atoms with Gasteiger partial charge in [0, 0.05) is 11.0 Å². The van der Waals surface area contributed by atoms with Crippen LogP contribution in [0.1, 0.15) is 18.9 Å². The van der Waals surface area contributed by atoms with Crippen molar-refractivity contribution in [3.8, 4) is 0 Å². The van der Waals surface area contributed by atoms with Crippen molar-refractivity contribution < 1.29 is 17.9 Å². The highest BCUT2D eigenvalue weighted by molar-refractivity contribution is 9.10. The SMILES string of the molecule is CCOC(=O)C(CCn1nnc2ccccc2c1=O)S(=O)(=O)Cc1ccc(Br)cc1. The van der Waals surface area contributed by atoms with Crippen LogP contribution in [0, 0.1) is 0 Å². The van der Waals surface area contributed by atoms with Crippen molar-refractivity contribution in [1.29, 1.82) is 0 Å². The quantitative estimate of drug-likeness (QED) is 0.443. The van der Waals surface area contributed by atoms with Crippen LogP contribution in [0.5, 0.6) is 0 Å². The van der Waals surface area contributed by atoms with Crippen LogP contribution in [0.2, 0.25) is 0 Å². The molecule has 0 aliphatic carbocycles. The first-order valence-corrected chi connectivity index (χ1v) is 11.8. The number of hydrogen-bond donors (Lipinski definition) is 0. The van der Waals surface area contributed by atoms with Crippen molar-refractivity contribution in [3.05, 3.63) is 68.9 Å². The molecule has 0 saturated heterocycles. The first kappa shape index (κ1) is 22.1. The normalized spacial score (nSPS) is 12.6. The van der Waals surface area contributed by atoms with Crippen LogP contribution >= 0.6 is 15.9 Å². The predicted molar refractivity (Wildman–Crippen MR) is 116 cm³/mol. The molecule has 30 heavy (non-hydrogen) atoms. The lowest BCUT2D eigenvalue weighted by atomic mass is 10.2. The Labute approximate surface area is 181 Å². The molecule has 0 N–H and O–H groups in total. The Morgan fingerprint density at radius 1 is 1.17 bits per heavy atom. The summed E-state index contributed by atoms with van der Waals surface area (Å²) >= 11 is 3.30. The lowest BCUT2D eigenvalue weighted by Gasteiger charge is -2.17. The molecule has 0 amide bonds. The lowest BCUT2D eigenvalue weighted by molar-refractivity contribution is -0.142. The number of rotatable bonds is 8. The van der Waals surface area contributed by atoms with Gasteiger partial charge < -0.3 is 4.74 Å². The third kappa shape index (κ3) is 5.11. The van der Waals surface area contributed by atoms with E-state index in [0.29, 0.717) is 16.5 Å².